The summed E-state index contributed by atoms with van der Waals surface area (Å²) in [6.45, 7) is 4.51. The summed E-state index contributed by atoms with van der Waals surface area (Å²) < 4.78 is 7.56. The van der Waals surface area contributed by atoms with Crippen LogP contribution in [0.25, 0.3) is 5.52 Å². The number of fused-ring (bicyclic) bond motifs is 1. The standard InChI is InChI=1S/C33H30N6O2/c1-23-30(33(40)37-27-16-17-38(21-27)20-24-8-4-2-5-9-24)22-39-32(23)31(25(18-34)19-35-39)36-26-12-14-29(15-13-26)41-28-10-6-3-7-11-28/h2-15,19,22,27,36H,16-17,20-21H2,1H3,(H,37,40). The number of ether oxygens (including phenoxy) is 1. The predicted octanol–water partition coefficient (Wildman–Crippen LogP) is 6.05. The number of nitrogens with one attached hydrogen (secondary N) is 2. The highest BCUT2D eigenvalue weighted by Crippen LogP contribution is 2.31. The van der Waals surface area contributed by atoms with Crippen molar-refractivity contribution in [2.24, 2.45) is 0 Å². The molecule has 1 amide bonds. The molecule has 1 fully saturated rings. The molecular formula is C33H30N6O2. The normalized spacial score (nSPS) is 15.0. The molecule has 3 aromatic carbocycles. The molecule has 3 heterocycles. The summed E-state index contributed by atoms with van der Waals surface area (Å²) in [6, 6.07) is 29.8. The van der Waals surface area contributed by atoms with E-state index < -0.39 is 0 Å². The molecule has 8 nitrogen and oxygen atoms in total. The van der Waals surface area contributed by atoms with Crippen molar-refractivity contribution in [2.45, 2.75) is 25.9 Å². The Balaban J connectivity index is 1.19. The first-order valence-corrected chi connectivity index (χ1v) is 13.7. The Labute approximate surface area is 238 Å². The fraction of sp³-hybridized carbons (Fsp3) is 0.182. The van der Waals surface area contributed by atoms with Gasteiger partial charge in [0.1, 0.15) is 17.6 Å². The second-order valence-electron chi connectivity index (χ2n) is 10.3. The van der Waals surface area contributed by atoms with Crippen LogP contribution in [0.15, 0.2) is 97.3 Å². The minimum absolute atomic E-state index is 0.0745. The van der Waals surface area contributed by atoms with Crippen molar-refractivity contribution in [1.29, 1.82) is 5.26 Å². The number of aryl methyl sites for hydroxylation is 1. The van der Waals surface area contributed by atoms with Gasteiger partial charge in [-0.25, -0.2) is 4.52 Å². The summed E-state index contributed by atoms with van der Waals surface area (Å²) >= 11 is 0. The highest BCUT2D eigenvalue weighted by Gasteiger charge is 2.26. The molecule has 1 saturated heterocycles. The van der Waals surface area contributed by atoms with Crippen molar-refractivity contribution in [1.82, 2.24) is 19.8 Å². The van der Waals surface area contributed by atoms with Crippen molar-refractivity contribution < 1.29 is 9.53 Å². The van der Waals surface area contributed by atoms with Gasteiger partial charge >= 0.3 is 0 Å². The third-order valence-electron chi connectivity index (χ3n) is 7.38. The van der Waals surface area contributed by atoms with Gasteiger partial charge in [0.05, 0.1) is 28.5 Å². The van der Waals surface area contributed by atoms with E-state index in [-0.39, 0.29) is 11.9 Å². The maximum Gasteiger partial charge on any atom is 0.253 e. The number of para-hydroxylation sites is 1. The van der Waals surface area contributed by atoms with Crippen LogP contribution in [-0.2, 0) is 6.54 Å². The second-order valence-corrected chi connectivity index (χ2v) is 10.3. The molecule has 0 spiro atoms. The molecule has 41 heavy (non-hydrogen) atoms. The molecule has 0 bridgehead atoms. The molecule has 2 aromatic heterocycles. The number of nitrogens with zero attached hydrogens (tertiary/aromatic N) is 4. The zero-order valence-electron chi connectivity index (χ0n) is 22.7. The van der Waals surface area contributed by atoms with Crippen LogP contribution in [0.4, 0.5) is 11.4 Å². The van der Waals surface area contributed by atoms with E-state index in [2.05, 4.69) is 51.0 Å². The van der Waals surface area contributed by atoms with Crippen molar-refractivity contribution in [2.75, 3.05) is 18.4 Å². The minimum atomic E-state index is -0.133. The number of aromatic nitrogens is 2. The van der Waals surface area contributed by atoms with Gasteiger partial charge < -0.3 is 15.4 Å². The lowest BCUT2D eigenvalue weighted by Gasteiger charge is -2.16. The SMILES string of the molecule is Cc1c(C(=O)NC2CCN(Cc3ccccc3)C2)cn2ncc(C#N)c(Nc3ccc(Oc4ccccc4)cc3)c12. The van der Waals surface area contributed by atoms with Gasteiger partial charge in [0.2, 0.25) is 0 Å². The number of benzene rings is 3. The van der Waals surface area contributed by atoms with Gasteiger partial charge in [-0.15, -0.1) is 0 Å². The smallest absolute Gasteiger partial charge is 0.253 e. The van der Waals surface area contributed by atoms with Crippen LogP contribution in [0.1, 0.15) is 33.5 Å². The fourth-order valence-corrected chi connectivity index (χ4v) is 5.30. The Morgan fingerprint density at radius 3 is 2.46 bits per heavy atom. The first kappa shape index (κ1) is 26.1. The van der Waals surface area contributed by atoms with Crippen molar-refractivity contribution in [3.8, 4) is 17.6 Å². The number of amides is 1. The van der Waals surface area contributed by atoms with E-state index in [0.717, 1.165) is 43.1 Å². The summed E-state index contributed by atoms with van der Waals surface area (Å²) in [5.74, 6) is 1.33. The zero-order valence-corrected chi connectivity index (χ0v) is 22.7. The first-order chi connectivity index (χ1) is 20.1. The number of carbonyl (C=O) groups excluding carboxylic acids is 1. The third-order valence-corrected chi connectivity index (χ3v) is 7.38. The van der Waals surface area contributed by atoms with Crippen LogP contribution >= 0.6 is 0 Å². The number of hydrogen-bond donors (Lipinski definition) is 2. The summed E-state index contributed by atoms with van der Waals surface area (Å²) in [5, 5.41) is 20.9. The Morgan fingerprint density at radius 2 is 1.73 bits per heavy atom. The van der Waals surface area contributed by atoms with Crippen LogP contribution in [0.2, 0.25) is 0 Å². The monoisotopic (exact) mass is 542 g/mol. The van der Waals surface area contributed by atoms with E-state index in [9.17, 15) is 10.1 Å². The first-order valence-electron chi connectivity index (χ1n) is 13.7. The van der Waals surface area contributed by atoms with E-state index in [0.29, 0.717) is 28.1 Å². The Hall–Kier alpha value is -5.13. The number of nitriles is 1. The molecule has 1 atom stereocenters. The molecule has 204 valence electrons. The van der Waals surface area contributed by atoms with E-state index in [4.69, 9.17) is 4.74 Å². The van der Waals surface area contributed by atoms with Gasteiger partial charge in [0, 0.05) is 37.6 Å². The van der Waals surface area contributed by atoms with E-state index >= 15 is 0 Å². The number of anilines is 2. The lowest BCUT2D eigenvalue weighted by atomic mass is 10.1. The maximum absolute atomic E-state index is 13.4. The Bertz CT molecular complexity index is 1710. The molecule has 0 aliphatic carbocycles. The molecule has 1 aliphatic heterocycles. The van der Waals surface area contributed by atoms with E-state index in [1.165, 1.54) is 11.8 Å². The molecule has 0 radical (unpaired) electrons. The molecule has 8 heteroatoms. The van der Waals surface area contributed by atoms with Crippen LogP contribution in [0.5, 0.6) is 11.5 Å². The molecule has 0 saturated carbocycles. The molecule has 6 rings (SSSR count). The average molecular weight is 543 g/mol. The largest absolute Gasteiger partial charge is 0.457 e. The molecule has 2 N–H and O–H groups in total. The van der Waals surface area contributed by atoms with Crippen molar-refractivity contribution in [3.05, 3.63) is 120 Å². The quantitative estimate of drug-likeness (QED) is 0.248. The van der Waals surface area contributed by atoms with Gasteiger partial charge in [-0.05, 0) is 60.9 Å². The van der Waals surface area contributed by atoms with Gasteiger partial charge in [-0.2, -0.15) is 10.4 Å². The topological polar surface area (TPSA) is 94.7 Å². The minimum Gasteiger partial charge on any atom is -0.457 e. The van der Waals surface area contributed by atoms with Crippen LogP contribution < -0.4 is 15.4 Å². The third kappa shape index (κ3) is 5.76. The van der Waals surface area contributed by atoms with Crippen LogP contribution in [0.3, 0.4) is 0 Å². The van der Waals surface area contributed by atoms with Crippen molar-refractivity contribution >= 4 is 22.8 Å². The summed E-state index contributed by atoms with van der Waals surface area (Å²) in [6.07, 6.45) is 4.15. The molecular weight excluding hydrogens is 512 g/mol. The van der Waals surface area contributed by atoms with Gasteiger partial charge in [0.15, 0.2) is 0 Å². The number of hydrogen-bond acceptors (Lipinski definition) is 6. The van der Waals surface area contributed by atoms with E-state index in [1.807, 2.05) is 67.6 Å². The zero-order chi connectivity index (χ0) is 28.2. The van der Waals surface area contributed by atoms with Gasteiger partial charge in [-0.3, -0.25) is 9.69 Å². The average Bonchev–Trinajstić information content (AvgIpc) is 3.58. The predicted molar refractivity (Wildman–Crippen MR) is 158 cm³/mol. The summed E-state index contributed by atoms with van der Waals surface area (Å²) in [4.78, 5) is 15.8. The molecule has 5 aromatic rings. The number of likely N-dealkylation sites (tertiary alicyclic amines) is 1. The molecule has 1 aliphatic rings. The van der Waals surface area contributed by atoms with Crippen LogP contribution in [-0.4, -0.2) is 39.6 Å². The fourth-order valence-electron chi connectivity index (χ4n) is 5.30. The maximum atomic E-state index is 13.4. The molecule has 1 unspecified atom stereocenters. The lowest BCUT2D eigenvalue weighted by molar-refractivity contribution is 0.0937. The summed E-state index contributed by atoms with van der Waals surface area (Å²) in [5.41, 5.74) is 5.05. The van der Waals surface area contributed by atoms with Crippen LogP contribution in [0, 0.1) is 18.3 Å². The van der Waals surface area contributed by atoms with E-state index in [1.54, 1.807) is 10.7 Å². The Morgan fingerprint density at radius 1 is 1.02 bits per heavy atom. The van der Waals surface area contributed by atoms with Gasteiger partial charge in [-0.1, -0.05) is 48.5 Å². The highest BCUT2D eigenvalue weighted by molar-refractivity contribution is 6.00. The number of rotatable bonds is 8. The Kier molecular flexibility index (Phi) is 7.35. The van der Waals surface area contributed by atoms with Crippen molar-refractivity contribution in [3.63, 3.8) is 0 Å². The van der Waals surface area contributed by atoms with Gasteiger partial charge in [0.25, 0.3) is 5.91 Å². The second kappa shape index (κ2) is 11.5. The summed E-state index contributed by atoms with van der Waals surface area (Å²) in [7, 11) is 0. The number of carbonyl (C=O) groups is 1. The highest BCUT2D eigenvalue weighted by atomic mass is 16.5. The lowest BCUT2D eigenvalue weighted by Crippen LogP contribution is -2.37.